The van der Waals surface area contributed by atoms with Gasteiger partial charge >= 0.3 is 0 Å². The highest BCUT2D eigenvalue weighted by Crippen LogP contribution is 2.33. The number of hydrogen-bond acceptors (Lipinski definition) is 6. The summed E-state index contributed by atoms with van der Waals surface area (Å²) >= 11 is 7.67. The molecule has 0 aliphatic rings. The monoisotopic (exact) mass is 404 g/mol. The quantitative estimate of drug-likeness (QED) is 0.600. The van der Waals surface area contributed by atoms with Gasteiger partial charge in [0.25, 0.3) is 0 Å². The molecule has 8 heteroatoms. The topological polar surface area (TPSA) is 81.7 Å². The summed E-state index contributed by atoms with van der Waals surface area (Å²) in [6.45, 7) is 11.2. The predicted octanol–water partition coefficient (Wildman–Crippen LogP) is 4.16. The van der Waals surface area contributed by atoms with Crippen molar-refractivity contribution in [1.82, 2.24) is 24.8 Å². The molecule has 0 unspecified atom stereocenters. The summed E-state index contributed by atoms with van der Waals surface area (Å²) in [6.07, 6.45) is 1.49. The molecule has 0 aliphatic carbocycles. The maximum Gasteiger partial charge on any atom is 0.175 e. The molecule has 0 aliphatic heterocycles. The van der Waals surface area contributed by atoms with E-state index in [-0.39, 0.29) is 5.41 Å². The van der Waals surface area contributed by atoms with Crippen LogP contribution in [0.1, 0.15) is 26.3 Å². The summed E-state index contributed by atoms with van der Waals surface area (Å²) < 4.78 is 2.10. The number of aryl methyl sites for hydroxylation is 1. The van der Waals surface area contributed by atoms with E-state index >= 15 is 0 Å². The molecule has 3 rings (SSSR count). The van der Waals surface area contributed by atoms with Gasteiger partial charge in [-0.05, 0) is 36.1 Å². The van der Waals surface area contributed by atoms with Crippen molar-refractivity contribution < 1.29 is 0 Å². The highest BCUT2D eigenvalue weighted by molar-refractivity contribution is 7.99. The van der Waals surface area contributed by atoms with Crippen molar-refractivity contribution in [3.63, 3.8) is 0 Å². The Labute approximate surface area is 168 Å². The lowest BCUT2D eigenvalue weighted by Crippen LogP contribution is -2.29. The molecule has 2 heterocycles. The van der Waals surface area contributed by atoms with Crippen molar-refractivity contribution in [1.29, 1.82) is 0 Å². The summed E-state index contributed by atoms with van der Waals surface area (Å²) in [5.41, 5.74) is 8.77. The van der Waals surface area contributed by atoms with Gasteiger partial charge in [-0.1, -0.05) is 44.1 Å². The largest absolute Gasteiger partial charge is 0.382 e. The number of imidazole rings is 1. The highest BCUT2D eigenvalue weighted by Gasteiger charge is 2.17. The third-order valence-corrected chi connectivity index (χ3v) is 5.44. The van der Waals surface area contributed by atoms with Gasteiger partial charge in [-0.2, -0.15) is 0 Å². The molecule has 3 N–H and O–H groups in total. The summed E-state index contributed by atoms with van der Waals surface area (Å²) in [5, 5.41) is 5.08. The van der Waals surface area contributed by atoms with Crippen LogP contribution in [-0.4, -0.2) is 32.6 Å². The van der Waals surface area contributed by atoms with Crippen LogP contribution in [0.2, 0.25) is 5.02 Å². The van der Waals surface area contributed by atoms with Crippen molar-refractivity contribution in [2.45, 2.75) is 44.3 Å². The first-order valence-electron chi connectivity index (χ1n) is 8.86. The maximum absolute atomic E-state index is 6.08. The summed E-state index contributed by atoms with van der Waals surface area (Å²) in [5.74, 6) is 0.399. The van der Waals surface area contributed by atoms with E-state index in [9.17, 15) is 0 Å². The van der Waals surface area contributed by atoms with Crippen LogP contribution in [0.3, 0.4) is 0 Å². The zero-order valence-electron chi connectivity index (χ0n) is 16.1. The smallest absolute Gasteiger partial charge is 0.175 e. The molecule has 2 aromatic heterocycles. The molecule has 6 nitrogen and oxygen atoms in total. The van der Waals surface area contributed by atoms with Gasteiger partial charge in [0.05, 0.1) is 0 Å². The molecule has 0 atom stereocenters. The number of fused-ring (bicyclic) bond motifs is 1. The Balaban J connectivity index is 1.90. The zero-order chi connectivity index (χ0) is 19.6. The second kappa shape index (κ2) is 8.04. The van der Waals surface area contributed by atoms with Crippen LogP contribution in [0.5, 0.6) is 0 Å². The average molecular weight is 405 g/mol. The van der Waals surface area contributed by atoms with Crippen LogP contribution in [-0.2, 0) is 6.54 Å². The molecule has 27 heavy (non-hydrogen) atoms. The minimum atomic E-state index is 0.238. The van der Waals surface area contributed by atoms with Gasteiger partial charge in [-0.3, -0.25) is 0 Å². The number of nitrogen functional groups attached to an aromatic ring is 1. The van der Waals surface area contributed by atoms with E-state index in [1.54, 1.807) is 11.8 Å². The fourth-order valence-electron chi connectivity index (χ4n) is 2.69. The number of nitrogens with two attached hydrogens (primary N) is 1. The Bertz CT molecular complexity index is 947. The number of benzene rings is 1. The number of halogens is 1. The standard InChI is InChI=1S/C19H25ClN6S/c1-12-9-13(20)5-6-14(12)27-18-25-15-16(21)23-11-24-17(15)26(18)8-7-22-10-19(2,3)4/h5-6,9,11,22H,7-8,10H2,1-4H3,(H2,21,23,24). The highest BCUT2D eigenvalue weighted by atomic mass is 35.5. The Hall–Kier alpha value is -1.83. The van der Waals surface area contributed by atoms with E-state index in [0.717, 1.165) is 45.9 Å². The van der Waals surface area contributed by atoms with E-state index in [4.69, 9.17) is 22.3 Å². The summed E-state index contributed by atoms with van der Waals surface area (Å²) in [7, 11) is 0. The molecule has 0 amide bonds. The fourth-order valence-corrected chi connectivity index (χ4v) is 3.90. The first-order chi connectivity index (χ1) is 12.7. The molecule has 144 valence electrons. The molecule has 0 spiro atoms. The second-order valence-corrected chi connectivity index (χ2v) is 9.17. The molecular formula is C19H25ClN6S. The van der Waals surface area contributed by atoms with Crippen molar-refractivity contribution in [2.75, 3.05) is 18.8 Å². The molecular weight excluding hydrogens is 380 g/mol. The fraction of sp³-hybridized carbons (Fsp3) is 0.421. The van der Waals surface area contributed by atoms with Crippen molar-refractivity contribution >= 4 is 40.3 Å². The minimum Gasteiger partial charge on any atom is -0.382 e. The molecule has 1 aromatic carbocycles. The van der Waals surface area contributed by atoms with E-state index in [0.29, 0.717) is 11.3 Å². The van der Waals surface area contributed by atoms with Crippen molar-refractivity contribution in [2.24, 2.45) is 5.41 Å². The van der Waals surface area contributed by atoms with E-state index in [2.05, 4.69) is 40.6 Å². The number of anilines is 1. The maximum atomic E-state index is 6.08. The zero-order valence-corrected chi connectivity index (χ0v) is 17.7. The van der Waals surface area contributed by atoms with Crippen LogP contribution in [0.4, 0.5) is 5.82 Å². The predicted molar refractivity (Wildman–Crippen MR) is 112 cm³/mol. The Morgan fingerprint density at radius 3 is 2.74 bits per heavy atom. The average Bonchev–Trinajstić information content (AvgIpc) is 2.92. The van der Waals surface area contributed by atoms with Crippen molar-refractivity contribution in [3.05, 3.63) is 35.1 Å². The Morgan fingerprint density at radius 1 is 1.26 bits per heavy atom. The molecule has 0 bridgehead atoms. The van der Waals surface area contributed by atoms with Crippen molar-refractivity contribution in [3.8, 4) is 0 Å². The van der Waals surface area contributed by atoms with Crippen LogP contribution >= 0.6 is 23.4 Å². The van der Waals surface area contributed by atoms with Gasteiger partial charge in [0, 0.05) is 29.6 Å². The first kappa shape index (κ1) is 19.9. The molecule has 0 saturated heterocycles. The van der Waals surface area contributed by atoms with Gasteiger partial charge in [-0.25, -0.2) is 15.0 Å². The van der Waals surface area contributed by atoms with Crippen LogP contribution < -0.4 is 11.1 Å². The van der Waals surface area contributed by atoms with E-state index in [1.807, 2.05) is 25.1 Å². The van der Waals surface area contributed by atoms with Crippen LogP contribution in [0.15, 0.2) is 34.6 Å². The van der Waals surface area contributed by atoms with Gasteiger partial charge in [0.2, 0.25) is 0 Å². The second-order valence-electron chi connectivity index (χ2n) is 7.73. The third kappa shape index (κ3) is 4.91. The molecule has 0 fully saturated rings. The SMILES string of the molecule is Cc1cc(Cl)ccc1Sc1nc2c(N)ncnc2n1CCNCC(C)(C)C. The number of nitrogens with one attached hydrogen (secondary N) is 1. The van der Waals surface area contributed by atoms with Gasteiger partial charge in [-0.15, -0.1) is 0 Å². The lowest BCUT2D eigenvalue weighted by Gasteiger charge is -2.19. The lowest BCUT2D eigenvalue weighted by atomic mass is 9.97. The normalized spacial score (nSPS) is 12.0. The number of aromatic nitrogens is 4. The third-order valence-electron chi connectivity index (χ3n) is 4.03. The molecule has 0 saturated carbocycles. The number of hydrogen-bond donors (Lipinski definition) is 2. The van der Waals surface area contributed by atoms with E-state index in [1.165, 1.54) is 6.33 Å². The van der Waals surface area contributed by atoms with E-state index < -0.39 is 0 Å². The van der Waals surface area contributed by atoms with Crippen LogP contribution in [0.25, 0.3) is 11.2 Å². The number of nitrogens with zero attached hydrogens (tertiary/aromatic N) is 4. The molecule has 3 aromatic rings. The minimum absolute atomic E-state index is 0.238. The van der Waals surface area contributed by atoms with Gasteiger partial charge in [0.15, 0.2) is 22.1 Å². The summed E-state index contributed by atoms with van der Waals surface area (Å²) in [4.78, 5) is 14.3. The van der Waals surface area contributed by atoms with Gasteiger partial charge in [0.1, 0.15) is 6.33 Å². The summed E-state index contributed by atoms with van der Waals surface area (Å²) in [6, 6.07) is 5.86. The lowest BCUT2D eigenvalue weighted by molar-refractivity contribution is 0.375. The number of rotatable bonds is 6. The van der Waals surface area contributed by atoms with Crippen LogP contribution in [0, 0.1) is 12.3 Å². The Morgan fingerprint density at radius 2 is 2.04 bits per heavy atom. The van der Waals surface area contributed by atoms with Gasteiger partial charge < -0.3 is 15.6 Å². The Kier molecular flexibility index (Phi) is 5.93. The first-order valence-corrected chi connectivity index (χ1v) is 10.1. The molecule has 0 radical (unpaired) electrons.